The molecule has 106 valence electrons. The highest BCUT2D eigenvalue weighted by atomic mass is 35.5. The summed E-state index contributed by atoms with van der Waals surface area (Å²) < 4.78 is 5.16. The monoisotopic (exact) mass is 301 g/mol. The minimum atomic E-state index is -0.406. The van der Waals surface area contributed by atoms with Crippen molar-refractivity contribution in [2.75, 3.05) is 5.32 Å². The molecule has 0 bridgehead atoms. The van der Waals surface area contributed by atoms with Crippen LogP contribution in [0.3, 0.4) is 0 Å². The van der Waals surface area contributed by atoms with Crippen molar-refractivity contribution in [1.82, 2.24) is 5.16 Å². The molecule has 1 aromatic heterocycles. The number of benzene rings is 1. The van der Waals surface area contributed by atoms with Gasteiger partial charge in [-0.3, -0.25) is 4.79 Å². The molecule has 0 fully saturated rings. The molecule has 0 saturated heterocycles. The molecule has 0 aliphatic heterocycles. The summed E-state index contributed by atoms with van der Waals surface area (Å²) in [6.07, 6.45) is 3.21. The number of carbonyl (C=O) groups excluding carboxylic acids is 1. The molecule has 1 amide bonds. The van der Waals surface area contributed by atoms with Crippen molar-refractivity contribution in [3.8, 4) is 6.07 Å². The molecular weight excluding hydrogens is 290 g/mol. The van der Waals surface area contributed by atoms with Crippen molar-refractivity contribution < 1.29 is 9.32 Å². The van der Waals surface area contributed by atoms with E-state index in [1.807, 2.05) is 18.2 Å². The maximum absolute atomic E-state index is 11.5. The van der Waals surface area contributed by atoms with Crippen LogP contribution in [0.15, 0.2) is 28.8 Å². The second kappa shape index (κ2) is 6.73. The lowest BCUT2D eigenvalue weighted by atomic mass is 10.2. The highest BCUT2D eigenvalue weighted by Crippen LogP contribution is 2.24. The van der Waals surface area contributed by atoms with Crippen LogP contribution in [-0.4, -0.2) is 11.1 Å². The highest BCUT2D eigenvalue weighted by molar-refractivity contribution is 6.32. The number of amides is 1. The van der Waals surface area contributed by atoms with E-state index in [-0.39, 0.29) is 6.42 Å². The number of aryl methyl sites for hydroxylation is 1. The number of anilines is 1. The summed E-state index contributed by atoms with van der Waals surface area (Å²) in [6.45, 7) is 1.71. The molecule has 21 heavy (non-hydrogen) atoms. The van der Waals surface area contributed by atoms with Gasteiger partial charge in [-0.15, -0.1) is 0 Å². The molecule has 6 heteroatoms. The van der Waals surface area contributed by atoms with Crippen LogP contribution in [0.2, 0.25) is 5.02 Å². The Morgan fingerprint density at radius 3 is 2.95 bits per heavy atom. The first-order valence-corrected chi connectivity index (χ1v) is 6.55. The Labute approximate surface area is 126 Å². The molecule has 1 aromatic carbocycles. The third-order valence-corrected chi connectivity index (χ3v) is 3.06. The van der Waals surface area contributed by atoms with Gasteiger partial charge >= 0.3 is 0 Å². The predicted octanol–water partition coefficient (Wildman–Crippen LogP) is 3.66. The van der Waals surface area contributed by atoms with E-state index in [1.165, 1.54) is 0 Å². The molecule has 0 spiro atoms. The summed E-state index contributed by atoms with van der Waals surface area (Å²) in [5.41, 5.74) is 1.82. The highest BCUT2D eigenvalue weighted by Gasteiger charge is 2.13. The molecular formula is C15H12ClN3O2. The average Bonchev–Trinajstić information content (AvgIpc) is 2.79. The van der Waals surface area contributed by atoms with Gasteiger partial charge in [0.15, 0.2) is 5.76 Å². The predicted molar refractivity (Wildman–Crippen MR) is 80.5 cm³/mol. The van der Waals surface area contributed by atoms with Gasteiger partial charge in [-0.05, 0) is 30.7 Å². The molecule has 1 N–H and O–H groups in total. The Morgan fingerprint density at radius 1 is 1.48 bits per heavy atom. The zero-order chi connectivity index (χ0) is 15.2. The second-order valence-corrected chi connectivity index (χ2v) is 4.65. The third-order valence-electron chi connectivity index (χ3n) is 2.71. The van der Waals surface area contributed by atoms with E-state index in [9.17, 15) is 4.79 Å². The lowest BCUT2D eigenvalue weighted by molar-refractivity contribution is -0.115. The van der Waals surface area contributed by atoms with Crippen molar-refractivity contribution >= 4 is 35.3 Å². The average molecular weight is 302 g/mol. The molecule has 0 atom stereocenters. The van der Waals surface area contributed by atoms with Gasteiger partial charge in [-0.25, -0.2) is 0 Å². The Kier molecular flexibility index (Phi) is 4.75. The number of nitrogens with one attached hydrogen (secondary N) is 1. The third kappa shape index (κ3) is 3.71. The summed E-state index contributed by atoms with van der Waals surface area (Å²) >= 11 is 6.06. The van der Waals surface area contributed by atoms with Gasteiger partial charge in [0.1, 0.15) is 17.8 Å². The summed E-state index contributed by atoms with van der Waals surface area (Å²) in [6, 6.07) is 9.13. The number of carbonyl (C=O) groups is 1. The van der Waals surface area contributed by atoms with Crippen LogP contribution >= 0.6 is 11.6 Å². The number of nitriles is 1. The van der Waals surface area contributed by atoms with E-state index in [0.29, 0.717) is 22.2 Å². The SMILES string of the molecule is Cc1noc(/C=C/c2ccccc2Cl)c1NC(=O)CC#N. The van der Waals surface area contributed by atoms with Crippen LogP contribution in [0.25, 0.3) is 12.2 Å². The zero-order valence-electron chi connectivity index (χ0n) is 11.3. The van der Waals surface area contributed by atoms with Crippen LogP contribution in [0, 0.1) is 18.3 Å². The molecule has 0 aliphatic rings. The standard InChI is InChI=1S/C15H12ClN3O2/c1-10-15(18-14(20)8-9-17)13(21-19-10)7-6-11-4-2-3-5-12(11)16/h2-7H,8H2,1H3,(H,18,20)/b7-6+. The first-order valence-electron chi connectivity index (χ1n) is 6.17. The molecule has 0 radical (unpaired) electrons. The summed E-state index contributed by atoms with van der Waals surface area (Å²) in [7, 11) is 0. The number of aromatic nitrogens is 1. The Balaban J connectivity index is 2.24. The maximum atomic E-state index is 11.5. The van der Waals surface area contributed by atoms with E-state index < -0.39 is 5.91 Å². The van der Waals surface area contributed by atoms with Crippen LogP contribution in [0.4, 0.5) is 5.69 Å². The first kappa shape index (κ1) is 14.8. The quantitative estimate of drug-likeness (QED) is 0.934. The van der Waals surface area contributed by atoms with Crippen molar-refractivity contribution in [2.45, 2.75) is 13.3 Å². The van der Waals surface area contributed by atoms with Crippen LogP contribution in [0.5, 0.6) is 0 Å². The van der Waals surface area contributed by atoms with Crippen molar-refractivity contribution in [2.24, 2.45) is 0 Å². The fourth-order valence-electron chi connectivity index (χ4n) is 1.68. The minimum absolute atomic E-state index is 0.224. The number of nitrogens with zero attached hydrogens (tertiary/aromatic N) is 2. The van der Waals surface area contributed by atoms with E-state index in [0.717, 1.165) is 5.56 Å². The molecule has 1 heterocycles. The Bertz CT molecular complexity index is 729. The van der Waals surface area contributed by atoms with Crippen molar-refractivity contribution in [3.63, 3.8) is 0 Å². The first-order chi connectivity index (χ1) is 10.1. The lowest BCUT2D eigenvalue weighted by Gasteiger charge is -2.01. The molecule has 5 nitrogen and oxygen atoms in total. The molecule has 0 aliphatic carbocycles. The largest absolute Gasteiger partial charge is 0.354 e. The second-order valence-electron chi connectivity index (χ2n) is 4.25. The van der Waals surface area contributed by atoms with Crippen LogP contribution < -0.4 is 5.32 Å². The van der Waals surface area contributed by atoms with Crippen LogP contribution in [-0.2, 0) is 4.79 Å². The summed E-state index contributed by atoms with van der Waals surface area (Å²) in [5.74, 6) is -0.00472. The smallest absolute Gasteiger partial charge is 0.238 e. The van der Waals surface area contributed by atoms with Gasteiger partial charge in [0.25, 0.3) is 0 Å². The van der Waals surface area contributed by atoms with Gasteiger partial charge in [0.2, 0.25) is 5.91 Å². The van der Waals surface area contributed by atoms with Crippen LogP contribution in [0.1, 0.15) is 23.4 Å². The van der Waals surface area contributed by atoms with Gasteiger partial charge in [0.05, 0.1) is 6.07 Å². The minimum Gasteiger partial charge on any atom is -0.354 e. The van der Waals surface area contributed by atoms with E-state index in [1.54, 1.807) is 31.2 Å². The zero-order valence-corrected chi connectivity index (χ0v) is 12.0. The number of hydrogen-bond donors (Lipinski definition) is 1. The van der Waals surface area contributed by atoms with Gasteiger partial charge in [0, 0.05) is 5.02 Å². The maximum Gasteiger partial charge on any atom is 0.238 e. The Morgan fingerprint density at radius 2 is 2.24 bits per heavy atom. The van der Waals surface area contributed by atoms with Gasteiger partial charge in [-0.1, -0.05) is 35.0 Å². The fraction of sp³-hybridized carbons (Fsp3) is 0.133. The molecule has 0 saturated carbocycles. The number of halogens is 1. The summed E-state index contributed by atoms with van der Waals surface area (Å²) in [4.78, 5) is 11.5. The van der Waals surface area contributed by atoms with Gasteiger partial charge < -0.3 is 9.84 Å². The topological polar surface area (TPSA) is 78.9 Å². The normalized spacial score (nSPS) is 10.5. The Hall–Kier alpha value is -2.58. The van der Waals surface area contributed by atoms with E-state index in [4.69, 9.17) is 21.4 Å². The van der Waals surface area contributed by atoms with Gasteiger partial charge in [-0.2, -0.15) is 5.26 Å². The van der Waals surface area contributed by atoms with E-state index >= 15 is 0 Å². The number of hydrogen-bond acceptors (Lipinski definition) is 4. The lowest BCUT2D eigenvalue weighted by Crippen LogP contribution is -2.11. The fourth-order valence-corrected chi connectivity index (χ4v) is 1.88. The number of rotatable bonds is 4. The van der Waals surface area contributed by atoms with Crippen molar-refractivity contribution in [1.29, 1.82) is 5.26 Å². The molecule has 2 rings (SSSR count). The van der Waals surface area contributed by atoms with E-state index in [2.05, 4.69) is 10.5 Å². The summed E-state index contributed by atoms with van der Waals surface area (Å²) in [5, 5.41) is 15.5. The molecule has 2 aromatic rings. The van der Waals surface area contributed by atoms with Crippen molar-refractivity contribution in [3.05, 3.63) is 46.3 Å². The molecule has 0 unspecified atom stereocenters.